The van der Waals surface area contributed by atoms with E-state index >= 15 is 0 Å². The predicted octanol–water partition coefficient (Wildman–Crippen LogP) is 4.49. The Bertz CT molecular complexity index is 757. The summed E-state index contributed by atoms with van der Waals surface area (Å²) in [6.45, 7) is 3.53. The molecule has 0 fully saturated rings. The van der Waals surface area contributed by atoms with Crippen LogP contribution in [0.4, 0.5) is 0 Å². The summed E-state index contributed by atoms with van der Waals surface area (Å²) in [5.41, 5.74) is 1.42. The first kappa shape index (κ1) is 15.4. The molecule has 106 valence electrons. The molecule has 0 spiro atoms. The Morgan fingerprint density at radius 1 is 1.10 bits per heavy atom. The van der Waals surface area contributed by atoms with Crippen LogP contribution in [0, 0.1) is 13.8 Å². The molecule has 2 aromatic rings. The molecule has 6 heteroatoms. The van der Waals surface area contributed by atoms with Gasteiger partial charge >= 0.3 is 10.1 Å². The second kappa shape index (κ2) is 5.76. The fourth-order valence-electron chi connectivity index (χ4n) is 1.70. The molecular weight excluding hydrogens is 364 g/mol. The summed E-state index contributed by atoms with van der Waals surface area (Å²) in [4.78, 5) is 0.137. The van der Waals surface area contributed by atoms with E-state index in [1.54, 1.807) is 37.3 Å². The highest BCUT2D eigenvalue weighted by Crippen LogP contribution is 2.29. The second-order valence-corrected chi connectivity index (χ2v) is 7.11. The number of benzene rings is 2. The molecule has 0 aliphatic heterocycles. The van der Waals surface area contributed by atoms with Crippen molar-refractivity contribution in [2.45, 2.75) is 18.7 Å². The van der Waals surface area contributed by atoms with Crippen molar-refractivity contribution < 1.29 is 12.6 Å². The smallest absolute Gasteiger partial charge is 0.339 e. The van der Waals surface area contributed by atoms with Crippen LogP contribution >= 0.6 is 27.5 Å². The van der Waals surface area contributed by atoms with Gasteiger partial charge in [0.1, 0.15) is 4.90 Å². The van der Waals surface area contributed by atoms with Gasteiger partial charge in [-0.25, -0.2) is 0 Å². The van der Waals surface area contributed by atoms with Gasteiger partial charge in [-0.15, -0.1) is 0 Å². The highest BCUT2D eigenvalue weighted by molar-refractivity contribution is 9.10. The van der Waals surface area contributed by atoms with Crippen molar-refractivity contribution in [3.05, 3.63) is 57.0 Å². The maximum absolute atomic E-state index is 12.3. The Morgan fingerprint density at radius 2 is 1.75 bits per heavy atom. The Balaban J connectivity index is 2.47. The fourth-order valence-corrected chi connectivity index (χ4v) is 3.62. The molecule has 2 aromatic carbocycles. The molecular formula is C14H12BrClO3S. The maximum Gasteiger partial charge on any atom is 0.339 e. The van der Waals surface area contributed by atoms with Crippen LogP contribution in [-0.2, 0) is 10.1 Å². The molecule has 0 aliphatic rings. The summed E-state index contributed by atoms with van der Waals surface area (Å²) in [5, 5.41) is 0.252. The Labute approximate surface area is 131 Å². The van der Waals surface area contributed by atoms with Gasteiger partial charge in [0.2, 0.25) is 0 Å². The van der Waals surface area contributed by atoms with Crippen molar-refractivity contribution in [2.75, 3.05) is 0 Å². The first-order valence-electron chi connectivity index (χ1n) is 5.77. The van der Waals surface area contributed by atoms with Crippen molar-refractivity contribution in [3.8, 4) is 5.75 Å². The largest absolute Gasteiger partial charge is 0.377 e. The standard InChI is InChI=1S/C14H12BrClO3S/c1-9-8-14(10(2)7-11(9)15)20(17,18)19-13-6-4-3-5-12(13)16/h3-8H,1-2H3. The lowest BCUT2D eigenvalue weighted by molar-refractivity contribution is 0.485. The molecule has 0 aromatic heterocycles. The van der Waals surface area contributed by atoms with Gasteiger partial charge in [-0.2, -0.15) is 8.42 Å². The van der Waals surface area contributed by atoms with Gasteiger partial charge in [-0.05, 0) is 49.2 Å². The van der Waals surface area contributed by atoms with Crippen LogP contribution in [0.5, 0.6) is 5.75 Å². The highest BCUT2D eigenvalue weighted by Gasteiger charge is 2.21. The zero-order valence-corrected chi connectivity index (χ0v) is 14.0. The molecule has 2 rings (SSSR count). The number of hydrogen-bond acceptors (Lipinski definition) is 3. The molecule has 0 bridgehead atoms. The molecule has 0 radical (unpaired) electrons. The van der Waals surface area contributed by atoms with E-state index in [-0.39, 0.29) is 15.7 Å². The van der Waals surface area contributed by atoms with Gasteiger partial charge in [-0.3, -0.25) is 0 Å². The number of aryl methyl sites for hydroxylation is 2. The highest BCUT2D eigenvalue weighted by atomic mass is 79.9. The lowest BCUT2D eigenvalue weighted by Gasteiger charge is -2.12. The predicted molar refractivity (Wildman–Crippen MR) is 82.9 cm³/mol. The third-order valence-electron chi connectivity index (χ3n) is 2.76. The van der Waals surface area contributed by atoms with E-state index in [0.29, 0.717) is 5.56 Å². The van der Waals surface area contributed by atoms with E-state index in [0.717, 1.165) is 10.0 Å². The van der Waals surface area contributed by atoms with E-state index < -0.39 is 10.1 Å². The molecule has 0 saturated heterocycles. The molecule has 3 nitrogen and oxygen atoms in total. The summed E-state index contributed by atoms with van der Waals surface area (Å²) in [5.74, 6) is 0.120. The quantitative estimate of drug-likeness (QED) is 0.743. The average Bonchev–Trinajstić information content (AvgIpc) is 2.36. The third-order valence-corrected chi connectivity index (χ3v) is 5.31. The van der Waals surface area contributed by atoms with Gasteiger partial charge in [0.05, 0.1) is 5.02 Å². The molecule has 0 atom stereocenters. The lowest BCUT2D eigenvalue weighted by atomic mass is 10.2. The van der Waals surface area contributed by atoms with Crippen LogP contribution in [-0.4, -0.2) is 8.42 Å². The summed E-state index contributed by atoms with van der Waals surface area (Å²) >= 11 is 9.29. The van der Waals surface area contributed by atoms with E-state index in [2.05, 4.69) is 15.9 Å². The normalized spacial score (nSPS) is 11.4. The van der Waals surface area contributed by atoms with Crippen molar-refractivity contribution in [1.82, 2.24) is 0 Å². The SMILES string of the molecule is Cc1cc(S(=O)(=O)Oc2ccccc2Cl)c(C)cc1Br. The van der Waals surface area contributed by atoms with E-state index in [4.69, 9.17) is 15.8 Å². The van der Waals surface area contributed by atoms with Gasteiger partial charge in [-0.1, -0.05) is 39.7 Å². The molecule has 0 heterocycles. The lowest BCUT2D eigenvalue weighted by Crippen LogP contribution is -2.12. The zero-order chi connectivity index (χ0) is 14.9. The molecule has 0 saturated carbocycles. The van der Waals surface area contributed by atoms with Crippen LogP contribution < -0.4 is 4.18 Å². The second-order valence-electron chi connectivity index (χ2n) is 4.33. The number of rotatable bonds is 3. The number of para-hydroxylation sites is 1. The van der Waals surface area contributed by atoms with Crippen molar-refractivity contribution in [1.29, 1.82) is 0 Å². The van der Waals surface area contributed by atoms with Crippen LogP contribution in [0.15, 0.2) is 45.8 Å². The first-order chi connectivity index (χ1) is 9.31. The Hall–Kier alpha value is -1.04. The molecule has 0 N–H and O–H groups in total. The Morgan fingerprint density at radius 3 is 2.40 bits per heavy atom. The summed E-state index contributed by atoms with van der Waals surface area (Å²) in [6, 6.07) is 9.78. The van der Waals surface area contributed by atoms with E-state index in [9.17, 15) is 8.42 Å². The van der Waals surface area contributed by atoms with Gasteiger partial charge < -0.3 is 4.18 Å². The minimum absolute atomic E-state index is 0.120. The Kier molecular flexibility index (Phi) is 4.42. The zero-order valence-electron chi connectivity index (χ0n) is 10.9. The molecule has 0 amide bonds. The van der Waals surface area contributed by atoms with Crippen molar-refractivity contribution >= 4 is 37.6 Å². The topological polar surface area (TPSA) is 43.4 Å². The average molecular weight is 376 g/mol. The van der Waals surface area contributed by atoms with Crippen LogP contribution in [0.2, 0.25) is 5.02 Å². The van der Waals surface area contributed by atoms with Crippen molar-refractivity contribution in [3.63, 3.8) is 0 Å². The molecule has 0 unspecified atom stereocenters. The molecule has 0 aliphatic carbocycles. The minimum Gasteiger partial charge on any atom is -0.377 e. The van der Waals surface area contributed by atoms with Crippen LogP contribution in [0.3, 0.4) is 0 Å². The first-order valence-corrected chi connectivity index (χ1v) is 8.35. The fraction of sp³-hybridized carbons (Fsp3) is 0.143. The van der Waals surface area contributed by atoms with Gasteiger partial charge in [0, 0.05) is 4.47 Å². The van der Waals surface area contributed by atoms with Crippen molar-refractivity contribution in [2.24, 2.45) is 0 Å². The third kappa shape index (κ3) is 3.16. The maximum atomic E-state index is 12.3. The van der Waals surface area contributed by atoms with Crippen LogP contribution in [0.25, 0.3) is 0 Å². The van der Waals surface area contributed by atoms with E-state index in [1.165, 1.54) is 6.07 Å². The summed E-state index contributed by atoms with van der Waals surface area (Å²) < 4.78 is 30.7. The van der Waals surface area contributed by atoms with Crippen LogP contribution in [0.1, 0.15) is 11.1 Å². The van der Waals surface area contributed by atoms with Gasteiger partial charge in [0.25, 0.3) is 0 Å². The van der Waals surface area contributed by atoms with E-state index in [1.807, 2.05) is 6.92 Å². The monoisotopic (exact) mass is 374 g/mol. The molecule has 20 heavy (non-hydrogen) atoms. The summed E-state index contributed by atoms with van der Waals surface area (Å²) in [6.07, 6.45) is 0. The number of halogens is 2. The van der Waals surface area contributed by atoms with Gasteiger partial charge in [0.15, 0.2) is 5.75 Å². The summed E-state index contributed by atoms with van der Waals surface area (Å²) in [7, 11) is -3.91. The minimum atomic E-state index is -3.91. The number of hydrogen-bond donors (Lipinski definition) is 0.